The van der Waals surface area contributed by atoms with Gasteiger partial charge >= 0.3 is 0 Å². The first kappa shape index (κ1) is 13.4. The van der Waals surface area contributed by atoms with E-state index in [1.807, 2.05) is 11.8 Å². The molecular formula is C19H21NS. The van der Waals surface area contributed by atoms with Crippen LogP contribution in [-0.4, -0.2) is 18.0 Å². The van der Waals surface area contributed by atoms with Crippen LogP contribution in [0.3, 0.4) is 0 Å². The van der Waals surface area contributed by atoms with E-state index in [2.05, 4.69) is 53.4 Å². The molecule has 1 saturated heterocycles. The van der Waals surface area contributed by atoms with Crippen molar-refractivity contribution < 1.29 is 0 Å². The molecule has 1 fully saturated rings. The molecule has 0 bridgehead atoms. The fourth-order valence-electron chi connectivity index (χ4n) is 3.61. The summed E-state index contributed by atoms with van der Waals surface area (Å²) >= 11 is 1.94. The third-order valence-electron chi connectivity index (χ3n) is 4.72. The van der Waals surface area contributed by atoms with Gasteiger partial charge in [-0.25, -0.2) is 0 Å². The molecule has 1 nitrogen and oxygen atoms in total. The predicted octanol–water partition coefficient (Wildman–Crippen LogP) is 4.92. The molecule has 2 heterocycles. The quantitative estimate of drug-likeness (QED) is 0.734. The maximum Gasteiger partial charge on any atom is 0.0400 e. The van der Waals surface area contributed by atoms with Crippen molar-refractivity contribution in [3.05, 3.63) is 59.7 Å². The average molecular weight is 295 g/mol. The zero-order valence-electron chi connectivity index (χ0n) is 12.3. The van der Waals surface area contributed by atoms with Gasteiger partial charge in [0.05, 0.1) is 0 Å². The van der Waals surface area contributed by atoms with Gasteiger partial charge in [-0.15, -0.1) is 0 Å². The molecular weight excluding hydrogens is 274 g/mol. The Morgan fingerprint density at radius 3 is 2.38 bits per heavy atom. The Morgan fingerprint density at radius 2 is 1.52 bits per heavy atom. The minimum Gasteiger partial charge on any atom is -0.296 e. The molecule has 0 aliphatic carbocycles. The van der Waals surface area contributed by atoms with E-state index in [0.717, 1.165) is 6.42 Å². The van der Waals surface area contributed by atoms with Crippen molar-refractivity contribution in [1.29, 1.82) is 0 Å². The normalized spacial score (nSPS) is 22.2. The molecule has 21 heavy (non-hydrogen) atoms. The number of hydrogen-bond acceptors (Lipinski definition) is 2. The van der Waals surface area contributed by atoms with E-state index < -0.39 is 0 Å². The maximum atomic E-state index is 2.71. The monoisotopic (exact) mass is 295 g/mol. The number of rotatable bonds is 1. The van der Waals surface area contributed by atoms with Crippen LogP contribution in [0.4, 0.5) is 0 Å². The molecule has 0 radical (unpaired) electrons. The van der Waals surface area contributed by atoms with Crippen molar-refractivity contribution in [2.75, 3.05) is 13.1 Å². The Balaban J connectivity index is 1.78. The van der Waals surface area contributed by atoms with Crippen molar-refractivity contribution in [2.24, 2.45) is 0 Å². The fourth-order valence-corrected chi connectivity index (χ4v) is 4.75. The first-order chi connectivity index (χ1) is 10.4. The molecule has 108 valence electrons. The highest BCUT2D eigenvalue weighted by atomic mass is 32.2. The lowest BCUT2D eigenvalue weighted by molar-refractivity contribution is 0.160. The Kier molecular flexibility index (Phi) is 3.74. The van der Waals surface area contributed by atoms with Crippen molar-refractivity contribution in [2.45, 2.75) is 41.5 Å². The van der Waals surface area contributed by atoms with Crippen LogP contribution < -0.4 is 0 Å². The number of hydrogen-bond donors (Lipinski definition) is 0. The molecule has 0 aromatic heterocycles. The molecule has 0 amide bonds. The van der Waals surface area contributed by atoms with Crippen LogP contribution in [0.5, 0.6) is 0 Å². The molecule has 2 aliphatic heterocycles. The van der Waals surface area contributed by atoms with Gasteiger partial charge in [0.1, 0.15) is 0 Å². The van der Waals surface area contributed by atoms with Gasteiger partial charge in [-0.3, -0.25) is 4.90 Å². The molecule has 2 heteroatoms. The first-order valence-electron chi connectivity index (χ1n) is 8.00. The van der Waals surface area contributed by atoms with Crippen LogP contribution in [0.1, 0.15) is 36.4 Å². The number of piperidine rings is 1. The predicted molar refractivity (Wildman–Crippen MR) is 88.9 cm³/mol. The summed E-state index contributed by atoms with van der Waals surface area (Å²) in [6.45, 7) is 2.51. The van der Waals surface area contributed by atoms with E-state index in [4.69, 9.17) is 0 Å². The highest BCUT2D eigenvalue weighted by Gasteiger charge is 2.27. The number of nitrogens with zero attached hydrogens (tertiary/aromatic N) is 1. The minimum atomic E-state index is 0.553. The minimum absolute atomic E-state index is 0.553. The van der Waals surface area contributed by atoms with Crippen LogP contribution in [0.25, 0.3) is 0 Å². The molecule has 0 saturated carbocycles. The lowest BCUT2D eigenvalue weighted by Crippen LogP contribution is -2.34. The molecule has 0 N–H and O–H groups in total. The zero-order chi connectivity index (χ0) is 14.1. The van der Waals surface area contributed by atoms with Gasteiger partial charge in [-0.2, -0.15) is 0 Å². The van der Waals surface area contributed by atoms with Crippen LogP contribution in [0.15, 0.2) is 58.3 Å². The lowest BCUT2D eigenvalue weighted by atomic mass is 9.95. The van der Waals surface area contributed by atoms with Gasteiger partial charge in [-0.1, -0.05) is 54.6 Å². The standard InChI is InChI=1S/C19H21NS/c1-6-12-20(13-7-1)17-14-15-8-2-4-10-18(15)21-19-11-5-3-9-16(17)19/h2-5,8-11,17H,1,6-7,12-14H2/t17-/m1/s1. The lowest BCUT2D eigenvalue weighted by Gasteiger charge is -2.35. The van der Waals surface area contributed by atoms with E-state index in [0.29, 0.717) is 6.04 Å². The highest BCUT2D eigenvalue weighted by Crippen LogP contribution is 2.43. The summed E-state index contributed by atoms with van der Waals surface area (Å²) in [6.07, 6.45) is 5.26. The van der Waals surface area contributed by atoms with Crippen LogP contribution in [-0.2, 0) is 6.42 Å². The second-order valence-electron chi connectivity index (χ2n) is 6.06. The molecule has 1 atom stereocenters. The summed E-state index contributed by atoms with van der Waals surface area (Å²) in [7, 11) is 0. The summed E-state index contributed by atoms with van der Waals surface area (Å²) < 4.78 is 0. The summed E-state index contributed by atoms with van der Waals surface area (Å²) in [5, 5.41) is 0. The smallest absolute Gasteiger partial charge is 0.0400 e. The van der Waals surface area contributed by atoms with Gasteiger partial charge in [0, 0.05) is 15.8 Å². The second kappa shape index (κ2) is 5.86. The van der Waals surface area contributed by atoms with Crippen molar-refractivity contribution >= 4 is 11.8 Å². The van der Waals surface area contributed by atoms with Gasteiger partial charge in [0.15, 0.2) is 0 Å². The third kappa shape index (κ3) is 2.63. The highest BCUT2D eigenvalue weighted by molar-refractivity contribution is 7.99. The van der Waals surface area contributed by atoms with Gasteiger partial charge < -0.3 is 0 Å². The Labute approximate surface area is 131 Å². The average Bonchev–Trinajstić information content (AvgIpc) is 2.72. The fraction of sp³-hybridized carbons (Fsp3) is 0.368. The van der Waals surface area contributed by atoms with E-state index in [9.17, 15) is 0 Å². The van der Waals surface area contributed by atoms with Crippen molar-refractivity contribution in [3.8, 4) is 0 Å². The van der Waals surface area contributed by atoms with Crippen LogP contribution >= 0.6 is 11.8 Å². The SMILES string of the molecule is c1ccc2c(c1)C[C@@H](N1CCCCC1)c1ccccc1S2. The molecule has 4 rings (SSSR count). The summed E-state index contributed by atoms with van der Waals surface area (Å²) in [5.41, 5.74) is 3.04. The summed E-state index contributed by atoms with van der Waals surface area (Å²) in [4.78, 5) is 5.59. The van der Waals surface area contributed by atoms with Gasteiger partial charge in [-0.05, 0) is 55.6 Å². The van der Waals surface area contributed by atoms with Crippen LogP contribution in [0, 0.1) is 0 Å². The number of likely N-dealkylation sites (tertiary alicyclic amines) is 1. The Bertz CT molecular complexity index is 631. The first-order valence-corrected chi connectivity index (χ1v) is 8.82. The summed E-state index contributed by atoms with van der Waals surface area (Å²) in [6, 6.07) is 18.5. The molecule has 2 aromatic rings. The van der Waals surface area contributed by atoms with E-state index in [-0.39, 0.29) is 0 Å². The maximum absolute atomic E-state index is 2.71. The van der Waals surface area contributed by atoms with Crippen molar-refractivity contribution in [3.63, 3.8) is 0 Å². The topological polar surface area (TPSA) is 3.24 Å². The molecule has 0 spiro atoms. The molecule has 2 aromatic carbocycles. The Morgan fingerprint density at radius 1 is 0.810 bits per heavy atom. The Hall–Kier alpha value is -1.25. The van der Waals surface area contributed by atoms with Gasteiger partial charge in [0.2, 0.25) is 0 Å². The molecule has 2 aliphatic rings. The van der Waals surface area contributed by atoms with Gasteiger partial charge in [0.25, 0.3) is 0 Å². The van der Waals surface area contributed by atoms with E-state index in [1.54, 1.807) is 0 Å². The second-order valence-corrected chi connectivity index (χ2v) is 7.15. The zero-order valence-corrected chi connectivity index (χ0v) is 13.1. The molecule has 0 unspecified atom stereocenters. The third-order valence-corrected chi connectivity index (χ3v) is 5.93. The van der Waals surface area contributed by atoms with Crippen molar-refractivity contribution in [1.82, 2.24) is 4.90 Å². The largest absolute Gasteiger partial charge is 0.296 e. The number of benzene rings is 2. The van der Waals surface area contributed by atoms with E-state index >= 15 is 0 Å². The van der Waals surface area contributed by atoms with Crippen LogP contribution in [0.2, 0.25) is 0 Å². The number of fused-ring (bicyclic) bond motifs is 2. The summed E-state index contributed by atoms with van der Waals surface area (Å²) in [5.74, 6) is 0. The van der Waals surface area contributed by atoms with E-state index in [1.165, 1.54) is 53.3 Å².